The summed E-state index contributed by atoms with van der Waals surface area (Å²) in [6.07, 6.45) is 6.57. The van der Waals surface area contributed by atoms with Gasteiger partial charge in [0.15, 0.2) is 0 Å². The maximum Gasteiger partial charge on any atom is 0.244 e. The molecule has 4 heteroatoms. The molecule has 1 atom stereocenters. The van der Waals surface area contributed by atoms with Crippen molar-refractivity contribution >= 4 is 5.91 Å². The number of carbonyl (C=O) groups excluding carboxylic acids is 1. The minimum atomic E-state index is -0.214. The van der Waals surface area contributed by atoms with Crippen LogP contribution in [0.3, 0.4) is 0 Å². The first-order valence-electron chi connectivity index (χ1n) is 5.99. The maximum absolute atomic E-state index is 11.9. The lowest BCUT2D eigenvalue weighted by Gasteiger charge is -2.16. The second kappa shape index (κ2) is 4.68. The molecule has 1 fully saturated rings. The highest BCUT2D eigenvalue weighted by molar-refractivity contribution is 5.80. The van der Waals surface area contributed by atoms with Gasteiger partial charge in [-0.3, -0.25) is 9.48 Å². The summed E-state index contributed by atoms with van der Waals surface area (Å²) in [6.45, 7) is 3.81. The van der Waals surface area contributed by atoms with Crippen LogP contribution in [0, 0.1) is 6.92 Å². The molecule has 1 aromatic heterocycles. The molecular formula is C12H19N3O. The van der Waals surface area contributed by atoms with E-state index in [4.69, 9.17) is 0 Å². The molecule has 0 bridgehead atoms. The third-order valence-corrected chi connectivity index (χ3v) is 3.22. The summed E-state index contributed by atoms with van der Waals surface area (Å²) in [5.41, 5.74) is 0.945. The number of carbonyl (C=O) groups is 1. The monoisotopic (exact) mass is 221 g/mol. The molecule has 1 N–H and O–H groups in total. The van der Waals surface area contributed by atoms with Gasteiger partial charge in [0.05, 0.1) is 5.69 Å². The van der Waals surface area contributed by atoms with Crippen molar-refractivity contribution in [3.63, 3.8) is 0 Å². The van der Waals surface area contributed by atoms with Crippen LogP contribution in [-0.2, 0) is 4.79 Å². The normalized spacial score (nSPS) is 18.6. The van der Waals surface area contributed by atoms with E-state index in [1.807, 2.05) is 26.1 Å². The van der Waals surface area contributed by atoms with Gasteiger partial charge in [0.2, 0.25) is 5.91 Å². The van der Waals surface area contributed by atoms with Gasteiger partial charge in [0, 0.05) is 12.2 Å². The highest BCUT2D eigenvalue weighted by Gasteiger charge is 2.21. The number of hydrogen-bond acceptors (Lipinski definition) is 2. The Balaban J connectivity index is 1.93. The van der Waals surface area contributed by atoms with Crippen LogP contribution in [0.1, 0.15) is 44.3 Å². The van der Waals surface area contributed by atoms with E-state index >= 15 is 0 Å². The number of rotatable bonds is 3. The smallest absolute Gasteiger partial charge is 0.244 e. The SMILES string of the molecule is Cc1ccn(C(C)C(=O)NC2CCCC2)n1. The molecule has 0 spiro atoms. The summed E-state index contributed by atoms with van der Waals surface area (Å²) in [7, 11) is 0. The van der Waals surface area contributed by atoms with Crippen LogP contribution in [0.15, 0.2) is 12.3 Å². The molecule has 1 amide bonds. The lowest BCUT2D eigenvalue weighted by atomic mass is 10.2. The number of aryl methyl sites for hydroxylation is 1. The van der Waals surface area contributed by atoms with Crippen LogP contribution in [0.5, 0.6) is 0 Å². The summed E-state index contributed by atoms with van der Waals surface area (Å²) in [5.74, 6) is 0.0787. The van der Waals surface area contributed by atoms with Gasteiger partial charge in [0.1, 0.15) is 6.04 Å². The molecule has 1 aliphatic carbocycles. The molecule has 0 aromatic carbocycles. The van der Waals surface area contributed by atoms with Crippen LogP contribution in [0.2, 0.25) is 0 Å². The van der Waals surface area contributed by atoms with E-state index in [-0.39, 0.29) is 11.9 Å². The van der Waals surface area contributed by atoms with Crippen molar-refractivity contribution in [3.8, 4) is 0 Å². The first kappa shape index (κ1) is 11.2. The van der Waals surface area contributed by atoms with Crippen LogP contribution >= 0.6 is 0 Å². The summed E-state index contributed by atoms with van der Waals surface area (Å²) in [4.78, 5) is 11.9. The molecule has 1 unspecified atom stereocenters. The summed E-state index contributed by atoms with van der Waals surface area (Å²) in [6, 6.07) is 2.08. The fourth-order valence-electron chi connectivity index (χ4n) is 2.16. The Morgan fingerprint density at radius 2 is 2.25 bits per heavy atom. The van der Waals surface area contributed by atoms with Gasteiger partial charge < -0.3 is 5.32 Å². The van der Waals surface area contributed by atoms with Crippen LogP contribution in [0.25, 0.3) is 0 Å². The zero-order chi connectivity index (χ0) is 11.5. The Hall–Kier alpha value is -1.32. The Bertz CT molecular complexity index is 366. The number of hydrogen-bond donors (Lipinski definition) is 1. The first-order valence-corrected chi connectivity index (χ1v) is 5.99. The third kappa shape index (κ3) is 2.43. The lowest BCUT2D eigenvalue weighted by Crippen LogP contribution is -2.37. The molecule has 4 nitrogen and oxygen atoms in total. The van der Waals surface area contributed by atoms with E-state index in [1.54, 1.807) is 4.68 Å². The summed E-state index contributed by atoms with van der Waals surface area (Å²) >= 11 is 0. The topological polar surface area (TPSA) is 46.9 Å². The lowest BCUT2D eigenvalue weighted by molar-refractivity contribution is -0.124. The van der Waals surface area contributed by atoms with Crippen LogP contribution in [0.4, 0.5) is 0 Å². The van der Waals surface area contributed by atoms with E-state index in [1.165, 1.54) is 12.8 Å². The number of amides is 1. The standard InChI is InChI=1S/C12H19N3O/c1-9-7-8-15(14-9)10(2)12(16)13-11-5-3-4-6-11/h7-8,10-11H,3-6H2,1-2H3,(H,13,16). The summed E-state index contributed by atoms with van der Waals surface area (Å²) in [5, 5.41) is 7.35. The van der Waals surface area contributed by atoms with E-state index in [0.717, 1.165) is 18.5 Å². The molecular weight excluding hydrogens is 202 g/mol. The highest BCUT2D eigenvalue weighted by Crippen LogP contribution is 2.18. The van der Waals surface area contributed by atoms with E-state index in [0.29, 0.717) is 6.04 Å². The van der Waals surface area contributed by atoms with Crippen molar-refractivity contribution in [2.24, 2.45) is 0 Å². The average Bonchev–Trinajstić information content (AvgIpc) is 2.88. The zero-order valence-corrected chi connectivity index (χ0v) is 9.94. The predicted octanol–water partition coefficient (Wildman–Crippen LogP) is 1.81. The highest BCUT2D eigenvalue weighted by atomic mass is 16.2. The van der Waals surface area contributed by atoms with Gasteiger partial charge in [-0.1, -0.05) is 12.8 Å². The minimum Gasteiger partial charge on any atom is -0.352 e. The second-order valence-corrected chi connectivity index (χ2v) is 4.60. The fraction of sp³-hybridized carbons (Fsp3) is 0.667. The zero-order valence-electron chi connectivity index (χ0n) is 9.94. The van der Waals surface area contributed by atoms with Crippen molar-refractivity contribution in [2.75, 3.05) is 0 Å². The van der Waals surface area contributed by atoms with Gasteiger partial charge in [-0.05, 0) is 32.8 Å². The number of nitrogens with one attached hydrogen (secondary N) is 1. The van der Waals surface area contributed by atoms with Gasteiger partial charge in [0.25, 0.3) is 0 Å². The third-order valence-electron chi connectivity index (χ3n) is 3.22. The van der Waals surface area contributed by atoms with E-state index < -0.39 is 0 Å². The Kier molecular flexibility index (Phi) is 3.27. The molecule has 1 aliphatic rings. The maximum atomic E-state index is 11.9. The van der Waals surface area contributed by atoms with Crippen LogP contribution in [-0.4, -0.2) is 21.7 Å². The molecule has 88 valence electrons. The number of aromatic nitrogens is 2. The molecule has 0 radical (unpaired) electrons. The quantitative estimate of drug-likeness (QED) is 0.846. The Morgan fingerprint density at radius 1 is 1.56 bits per heavy atom. The minimum absolute atomic E-state index is 0.0787. The first-order chi connectivity index (χ1) is 7.66. The van der Waals surface area contributed by atoms with E-state index in [2.05, 4.69) is 10.4 Å². The molecule has 1 aromatic rings. The predicted molar refractivity (Wildman–Crippen MR) is 62.1 cm³/mol. The van der Waals surface area contributed by atoms with Crippen molar-refractivity contribution in [1.29, 1.82) is 0 Å². The van der Waals surface area contributed by atoms with E-state index in [9.17, 15) is 4.79 Å². The fourth-order valence-corrected chi connectivity index (χ4v) is 2.16. The molecule has 0 aliphatic heterocycles. The van der Waals surface area contributed by atoms with Gasteiger partial charge >= 0.3 is 0 Å². The second-order valence-electron chi connectivity index (χ2n) is 4.60. The van der Waals surface area contributed by atoms with Gasteiger partial charge in [-0.2, -0.15) is 5.10 Å². The molecule has 2 rings (SSSR count). The molecule has 0 saturated heterocycles. The molecule has 16 heavy (non-hydrogen) atoms. The Morgan fingerprint density at radius 3 is 2.81 bits per heavy atom. The van der Waals surface area contributed by atoms with Crippen molar-refractivity contribution in [1.82, 2.24) is 15.1 Å². The summed E-state index contributed by atoms with van der Waals surface area (Å²) < 4.78 is 1.72. The van der Waals surface area contributed by atoms with Gasteiger partial charge in [-0.15, -0.1) is 0 Å². The molecule has 1 heterocycles. The average molecular weight is 221 g/mol. The van der Waals surface area contributed by atoms with Crippen molar-refractivity contribution in [2.45, 2.75) is 51.6 Å². The Labute approximate surface area is 96.0 Å². The number of nitrogens with zero attached hydrogens (tertiary/aromatic N) is 2. The van der Waals surface area contributed by atoms with Crippen molar-refractivity contribution in [3.05, 3.63) is 18.0 Å². The van der Waals surface area contributed by atoms with Crippen molar-refractivity contribution < 1.29 is 4.79 Å². The largest absolute Gasteiger partial charge is 0.352 e. The van der Waals surface area contributed by atoms with Crippen LogP contribution < -0.4 is 5.32 Å². The molecule has 1 saturated carbocycles. The van der Waals surface area contributed by atoms with Gasteiger partial charge in [-0.25, -0.2) is 0 Å².